The molecule has 6 nitrogen and oxygen atoms in total. The molecule has 0 saturated heterocycles. The summed E-state index contributed by atoms with van der Waals surface area (Å²) < 4.78 is 19.0. The summed E-state index contributed by atoms with van der Waals surface area (Å²) in [6, 6.07) is 14.0. The molecule has 0 amide bonds. The zero-order valence-electron chi connectivity index (χ0n) is 18.0. The Hall–Kier alpha value is -2.92. The van der Waals surface area contributed by atoms with Crippen molar-refractivity contribution >= 4 is 58.8 Å². The van der Waals surface area contributed by atoms with Gasteiger partial charge in [0.05, 0.1) is 16.5 Å². The second kappa shape index (κ2) is 10.1. The number of benzene rings is 2. The van der Waals surface area contributed by atoms with Crippen molar-refractivity contribution in [3.63, 3.8) is 0 Å². The quantitative estimate of drug-likeness (QED) is 0.219. The fourth-order valence-electron chi connectivity index (χ4n) is 3.22. The molecule has 2 aromatic carbocycles. The molecule has 34 heavy (non-hydrogen) atoms. The molecule has 1 unspecified atom stereocenters. The van der Waals surface area contributed by atoms with Crippen LogP contribution in [-0.2, 0) is 9.09 Å². The van der Waals surface area contributed by atoms with Crippen LogP contribution in [-0.4, -0.2) is 23.2 Å². The van der Waals surface area contributed by atoms with E-state index in [0.717, 1.165) is 22.5 Å². The van der Waals surface area contributed by atoms with Crippen LogP contribution in [0.2, 0.25) is 5.02 Å². The van der Waals surface area contributed by atoms with Crippen molar-refractivity contribution in [1.29, 1.82) is 0 Å². The van der Waals surface area contributed by atoms with Gasteiger partial charge >= 0.3 is 13.5 Å². The van der Waals surface area contributed by atoms with Gasteiger partial charge in [0, 0.05) is 28.0 Å². The highest BCUT2D eigenvalue weighted by molar-refractivity contribution is 7.68. The number of hydrogen-bond donors (Lipinski definition) is 2. The monoisotopic (exact) mass is 528 g/mol. The van der Waals surface area contributed by atoms with Crippen molar-refractivity contribution < 1.29 is 19.0 Å². The minimum atomic E-state index is -3.61. The maximum Gasteiger partial charge on any atom is 0.348 e. The summed E-state index contributed by atoms with van der Waals surface area (Å²) in [6.07, 6.45) is 0. The normalized spacial score (nSPS) is 12.4. The first-order valence-electron chi connectivity index (χ1n) is 9.87. The van der Waals surface area contributed by atoms with Gasteiger partial charge in [-0.3, -0.25) is 4.57 Å². The summed E-state index contributed by atoms with van der Waals surface area (Å²) in [5, 5.41) is 15.4. The number of hydrogen-bond acceptors (Lipinski definition) is 6. The minimum absolute atomic E-state index is 0.0336. The van der Waals surface area contributed by atoms with Crippen LogP contribution in [0.1, 0.15) is 26.5 Å². The molecule has 1 atom stereocenters. The minimum Gasteiger partial charge on any atom is -0.477 e. The number of nitrogens with zero attached hydrogens (tertiary/aromatic N) is 1. The fraction of sp³-hybridized carbons (Fsp3) is 0.0833. The second-order valence-corrected chi connectivity index (χ2v) is 11.5. The Morgan fingerprint density at radius 3 is 2.56 bits per heavy atom. The number of halogens is 1. The van der Waals surface area contributed by atoms with Gasteiger partial charge in [-0.2, -0.15) is 0 Å². The number of nitrogens with one attached hydrogen (secondary N) is 1. The molecule has 0 aliphatic heterocycles. The Morgan fingerprint density at radius 2 is 1.94 bits per heavy atom. The average Bonchev–Trinajstić information content (AvgIpc) is 3.48. The van der Waals surface area contributed by atoms with Crippen LogP contribution in [0.5, 0.6) is 0 Å². The van der Waals surface area contributed by atoms with Gasteiger partial charge in [-0.25, -0.2) is 9.78 Å². The largest absolute Gasteiger partial charge is 0.477 e. The highest BCUT2D eigenvalue weighted by atomic mass is 35.5. The van der Waals surface area contributed by atoms with Crippen molar-refractivity contribution in [2.75, 3.05) is 12.2 Å². The topological polar surface area (TPSA) is 88.5 Å². The molecular formula is C24H18ClN2O4PS2. The molecule has 2 N–H and O–H groups in total. The van der Waals surface area contributed by atoms with E-state index in [1.165, 1.54) is 18.4 Å². The van der Waals surface area contributed by atoms with E-state index in [4.69, 9.17) is 16.1 Å². The maximum atomic E-state index is 13.6. The fourth-order valence-corrected chi connectivity index (χ4v) is 6.66. The van der Waals surface area contributed by atoms with Crippen molar-refractivity contribution in [2.24, 2.45) is 0 Å². The summed E-state index contributed by atoms with van der Waals surface area (Å²) >= 11 is 8.60. The lowest BCUT2D eigenvalue weighted by Gasteiger charge is -2.20. The predicted molar refractivity (Wildman–Crippen MR) is 139 cm³/mol. The number of thiophene rings is 1. The van der Waals surface area contributed by atoms with Crippen LogP contribution < -0.4 is 10.4 Å². The Morgan fingerprint density at radius 1 is 1.18 bits per heavy atom. The Labute approximate surface area is 209 Å². The van der Waals surface area contributed by atoms with E-state index in [-0.39, 0.29) is 10.6 Å². The number of aromatic nitrogens is 1. The van der Waals surface area contributed by atoms with Gasteiger partial charge in [0.1, 0.15) is 10.6 Å². The average molecular weight is 529 g/mol. The number of thiazole rings is 1. The number of aryl methyl sites for hydroxylation is 1. The van der Waals surface area contributed by atoms with Crippen LogP contribution >= 0.6 is 41.8 Å². The summed E-state index contributed by atoms with van der Waals surface area (Å²) in [4.78, 5) is 16.8. The smallest absolute Gasteiger partial charge is 0.348 e. The van der Waals surface area contributed by atoms with Crippen LogP contribution in [0, 0.1) is 18.8 Å². The van der Waals surface area contributed by atoms with E-state index in [1.54, 1.807) is 36.7 Å². The summed E-state index contributed by atoms with van der Waals surface area (Å²) in [5.74, 6) is 4.92. The Kier molecular flexibility index (Phi) is 7.22. The Bertz CT molecular complexity index is 1450. The third-order valence-electron chi connectivity index (χ3n) is 4.86. The standard InChI is InChI=1S/C24H18ClN2O4PS2/c1-15-11-18(25)8-10-21(15)32(30,31-2)27-20-12-22(34-23(20)24(28)29)17-6-3-16(4-7-17)5-9-19-13-33-14-26-19/h3-4,6-8,10-14H,1-2H3,(H,27,30)(H,28,29). The highest BCUT2D eigenvalue weighted by Crippen LogP contribution is 2.48. The second-order valence-electron chi connectivity index (χ2n) is 7.14. The molecule has 0 radical (unpaired) electrons. The van der Waals surface area contributed by atoms with Gasteiger partial charge in [-0.05, 0) is 60.4 Å². The van der Waals surface area contributed by atoms with Crippen LogP contribution in [0.3, 0.4) is 0 Å². The molecule has 0 aliphatic carbocycles. The number of aromatic carboxylic acids is 1. The molecule has 0 fully saturated rings. The molecule has 4 rings (SSSR count). The molecule has 10 heteroatoms. The third-order valence-corrected chi connectivity index (χ3v) is 9.04. The van der Waals surface area contributed by atoms with E-state index in [1.807, 2.05) is 29.6 Å². The van der Waals surface area contributed by atoms with Gasteiger partial charge in [0.2, 0.25) is 0 Å². The van der Waals surface area contributed by atoms with E-state index in [2.05, 4.69) is 21.9 Å². The van der Waals surface area contributed by atoms with Crippen molar-refractivity contribution in [3.05, 3.63) is 86.1 Å². The van der Waals surface area contributed by atoms with Crippen molar-refractivity contribution in [2.45, 2.75) is 6.92 Å². The van der Waals surface area contributed by atoms with E-state index >= 15 is 0 Å². The SMILES string of the molecule is COP(=O)(Nc1cc(-c2ccc(C#Cc3cscn3)cc2)sc1C(=O)O)c1ccc(Cl)cc1C. The lowest BCUT2D eigenvalue weighted by atomic mass is 10.1. The number of anilines is 1. The Balaban J connectivity index is 1.65. The van der Waals surface area contributed by atoms with Gasteiger partial charge < -0.3 is 14.7 Å². The van der Waals surface area contributed by atoms with E-state index < -0.39 is 13.5 Å². The lowest BCUT2D eigenvalue weighted by Crippen LogP contribution is -2.16. The zero-order chi connectivity index (χ0) is 24.3. The van der Waals surface area contributed by atoms with Crippen LogP contribution in [0.15, 0.2) is 59.4 Å². The van der Waals surface area contributed by atoms with Gasteiger partial charge in [0.25, 0.3) is 0 Å². The van der Waals surface area contributed by atoms with E-state index in [9.17, 15) is 14.5 Å². The number of carbonyl (C=O) groups is 1. The molecule has 0 bridgehead atoms. The van der Waals surface area contributed by atoms with Crippen molar-refractivity contribution in [1.82, 2.24) is 4.98 Å². The first-order valence-corrected chi connectivity index (χ1v) is 13.6. The summed E-state index contributed by atoms with van der Waals surface area (Å²) in [7, 11) is -2.29. The third kappa shape index (κ3) is 5.25. The summed E-state index contributed by atoms with van der Waals surface area (Å²) in [6.45, 7) is 1.77. The first-order chi connectivity index (χ1) is 16.3. The van der Waals surface area contributed by atoms with Gasteiger partial charge in [0.15, 0.2) is 0 Å². The molecule has 0 aliphatic rings. The first kappa shape index (κ1) is 24.2. The number of carboxylic acids is 1. The van der Waals surface area contributed by atoms with Crippen LogP contribution in [0.25, 0.3) is 10.4 Å². The molecule has 2 heterocycles. The lowest BCUT2D eigenvalue weighted by molar-refractivity contribution is 0.0703. The molecule has 2 aromatic heterocycles. The highest BCUT2D eigenvalue weighted by Gasteiger charge is 2.30. The summed E-state index contributed by atoms with van der Waals surface area (Å²) in [5.41, 5.74) is 4.97. The molecule has 0 saturated carbocycles. The van der Waals surface area contributed by atoms with Crippen LogP contribution in [0.4, 0.5) is 5.69 Å². The maximum absolute atomic E-state index is 13.6. The molecule has 172 valence electrons. The molecule has 0 spiro atoms. The molecule has 4 aromatic rings. The van der Waals surface area contributed by atoms with Crippen molar-refractivity contribution in [3.8, 4) is 22.3 Å². The number of rotatable bonds is 6. The zero-order valence-corrected chi connectivity index (χ0v) is 21.3. The predicted octanol–water partition coefficient (Wildman–Crippen LogP) is 6.51. The van der Waals surface area contributed by atoms with E-state index in [0.29, 0.717) is 26.5 Å². The van der Waals surface area contributed by atoms with Gasteiger partial charge in [-0.15, -0.1) is 22.7 Å². The molecular weight excluding hydrogens is 511 g/mol. The number of carboxylic acid groups (broad SMARTS) is 1. The van der Waals surface area contributed by atoms with Gasteiger partial charge in [-0.1, -0.05) is 29.7 Å².